The fraction of sp³-hybridized carbons (Fsp3) is 0.308. The van der Waals surface area contributed by atoms with E-state index in [0.717, 1.165) is 26.9 Å². The standard InChI is InChI=1S/C13H15IN2O/c1-8(2)7-10-12(17-16-13(10)15)9-5-3-4-6-11(9)14/h3-6,8H,7H2,1-2H3,(H2,15,16). The van der Waals surface area contributed by atoms with Crippen LogP contribution in [0.5, 0.6) is 0 Å². The smallest absolute Gasteiger partial charge is 0.173 e. The highest BCUT2D eigenvalue weighted by Crippen LogP contribution is 2.32. The van der Waals surface area contributed by atoms with Crippen molar-refractivity contribution in [1.29, 1.82) is 0 Å². The molecule has 1 aromatic heterocycles. The number of halogens is 1. The van der Waals surface area contributed by atoms with Gasteiger partial charge in [0, 0.05) is 14.7 Å². The van der Waals surface area contributed by atoms with Gasteiger partial charge >= 0.3 is 0 Å². The zero-order valence-corrected chi connectivity index (χ0v) is 12.1. The number of hydrogen-bond acceptors (Lipinski definition) is 3. The zero-order chi connectivity index (χ0) is 12.4. The third kappa shape index (κ3) is 2.62. The van der Waals surface area contributed by atoms with Gasteiger partial charge in [0.25, 0.3) is 0 Å². The van der Waals surface area contributed by atoms with Crippen molar-refractivity contribution in [3.63, 3.8) is 0 Å². The third-order valence-electron chi connectivity index (χ3n) is 2.55. The van der Waals surface area contributed by atoms with Gasteiger partial charge < -0.3 is 10.3 Å². The maximum Gasteiger partial charge on any atom is 0.173 e. The molecule has 1 heterocycles. The molecular weight excluding hydrogens is 327 g/mol. The summed E-state index contributed by atoms with van der Waals surface area (Å²) in [6.45, 7) is 4.32. The average Bonchev–Trinajstić information content (AvgIpc) is 2.61. The Morgan fingerprint density at radius 3 is 2.71 bits per heavy atom. The first-order valence-corrected chi connectivity index (χ1v) is 6.66. The summed E-state index contributed by atoms with van der Waals surface area (Å²) in [5.74, 6) is 1.84. The first-order chi connectivity index (χ1) is 8.09. The average molecular weight is 342 g/mol. The summed E-state index contributed by atoms with van der Waals surface area (Å²) in [4.78, 5) is 0. The van der Waals surface area contributed by atoms with Gasteiger partial charge in [-0.15, -0.1) is 0 Å². The highest BCUT2D eigenvalue weighted by Gasteiger charge is 2.18. The Kier molecular flexibility index (Phi) is 3.71. The molecule has 0 aliphatic heterocycles. The van der Waals surface area contributed by atoms with E-state index in [0.29, 0.717) is 11.7 Å². The summed E-state index contributed by atoms with van der Waals surface area (Å²) >= 11 is 2.29. The third-order valence-corrected chi connectivity index (χ3v) is 3.49. The molecular formula is C13H15IN2O. The van der Waals surface area contributed by atoms with Crippen LogP contribution in [0.3, 0.4) is 0 Å². The molecule has 2 aromatic rings. The van der Waals surface area contributed by atoms with Crippen LogP contribution in [-0.2, 0) is 6.42 Å². The van der Waals surface area contributed by atoms with Crippen LogP contribution >= 0.6 is 22.6 Å². The molecule has 3 nitrogen and oxygen atoms in total. The molecule has 0 spiro atoms. The Bertz CT molecular complexity index is 520. The molecule has 0 bridgehead atoms. The summed E-state index contributed by atoms with van der Waals surface area (Å²) in [6, 6.07) is 8.09. The van der Waals surface area contributed by atoms with Crippen molar-refractivity contribution in [1.82, 2.24) is 5.16 Å². The van der Waals surface area contributed by atoms with E-state index in [2.05, 4.69) is 41.6 Å². The molecule has 0 amide bonds. The summed E-state index contributed by atoms with van der Waals surface area (Å²) in [5.41, 5.74) is 7.95. The monoisotopic (exact) mass is 342 g/mol. The molecule has 0 radical (unpaired) electrons. The van der Waals surface area contributed by atoms with Gasteiger partial charge in [-0.3, -0.25) is 0 Å². The molecule has 2 N–H and O–H groups in total. The van der Waals surface area contributed by atoms with Crippen molar-refractivity contribution in [3.05, 3.63) is 33.4 Å². The van der Waals surface area contributed by atoms with Crippen LogP contribution in [-0.4, -0.2) is 5.16 Å². The number of anilines is 1. The number of aromatic nitrogens is 1. The van der Waals surface area contributed by atoms with Crippen LogP contribution in [0, 0.1) is 9.49 Å². The van der Waals surface area contributed by atoms with Gasteiger partial charge in [0.1, 0.15) is 0 Å². The van der Waals surface area contributed by atoms with E-state index in [-0.39, 0.29) is 0 Å². The van der Waals surface area contributed by atoms with Crippen molar-refractivity contribution >= 4 is 28.4 Å². The predicted octanol–water partition coefficient (Wildman–Crippen LogP) is 3.73. The molecule has 1 aromatic carbocycles. The van der Waals surface area contributed by atoms with E-state index in [1.165, 1.54) is 0 Å². The number of rotatable bonds is 3. The molecule has 90 valence electrons. The van der Waals surface area contributed by atoms with Crippen molar-refractivity contribution < 1.29 is 4.52 Å². The van der Waals surface area contributed by atoms with Crippen LogP contribution in [0.15, 0.2) is 28.8 Å². The van der Waals surface area contributed by atoms with Gasteiger partial charge in [-0.25, -0.2) is 0 Å². The van der Waals surface area contributed by atoms with Crippen LogP contribution in [0.1, 0.15) is 19.4 Å². The number of benzene rings is 1. The van der Waals surface area contributed by atoms with Crippen LogP contribution in [0.25, 0.3) is 11.3 Å². The van der Waals surface area contributed by atoms with Gasteiger partial charge in [-0.1, -0.05) is 37.2 Å². The summed E-state index contributed by atoms with van der Waals surface area (Å²) in [7, 11) is 0. The van der Waals surface area contributed by atoms with E-state index in [1.807, 2.05) is 24.3 Å². The lowest BCUT2D eigenvalue weighted by atomic mass is 10.00. The van der Waals surface area contributed by atoms with Crippen molar-refractivity contribution in [2.75, 3.05) is 5.73 Å². The lowest BCUT2D eigenvalue weighted by Crippen LogP contribution is -1.99. The van der Waals surface area contributed by atoms with Crippen LogP contribution in [0.4, 0.5) is 5.82 Å². The van der Waals surface area contributed by atoms with Gasteiger partial charge in [0.2, 0.25) is 0 Å². The summed E-state index contributed by atoms with van der Waals surface area (Å²) in [6.07, 6.45) is 0.885. The lowest BCUT2D eigenvalue weighted by Gasteiger charge is -2.06. The SMILES string of the molecule is CC(C)Cc1c(N)noc1-c1ccccc1I. The van der Waals surface area contributed by atoms with Crippen molar-refractivity contribution in [3.8, 4) is 11.3 Å². The summed E-state index contributed by atoms with van der Waals surface area (Å²) < 4.78 is 6.53. The zero-order valence-electron chi connectivity index (χ0n) is 9.90. The van der Waals surface area contributed by atoms with Crippen molar-refractivity contribution in [2.24, 2.45) is 5.92 Å². The minimum absolute atomic E-state index is 0.508. The quantitative estimate of drug-likeness (QED) is 0.865. The number of nitrogens with zero attached hydrogens (tertiary/aromatic N) is 1. The predicted molar refractivity (Wildman–Crippen MR) is 77.6 cm³/mol. The first-order valence-electron chi connectivity index (χ1n) is 5.58. The Morgan fingerprint density at radius 1 is 1.35 bits per heavy atom. The Hall–Kier alpha value is -1.04. The molecule has 4 heteroatoms. The van der Waals surface area contributed by atoms with Gasteiger partial charge in [-0.05, 0) is 41.0 Å². The van der Waals surface area contributed by atoms with Gasteiger partial charge in [0.05, 0.1) is 0 Å². The van der Waals surface area contributed by atoms with Gasteiger partial charge in [0.15, 0.2) is 11.6 Å². The van der Waals surface area contributed by atoms with E-state index in [1.54, 1.807) is 0 Å². The highest BCUT2D eigenvalue weighted by molar-refractivity contribution is 14.1. The Morgan fingerprint density at radius 2 is 2.06 bits per heavy atom. The number of nitrogen functional groups attached to an aromatic ring is 1. The molecule has 0 saturated heterocycles. The molecule has 0 atom stereocenters. The van der Waals surface area contributed by atoms with E-state index >= 15 is 0 Å². The largest absolute Gasteiger partial charge is 0.381 e. The molecule has 0 aliphatic carbocycles. The normalized spacial score (nSPS) is 11.1. The number of hydrogen-bond donors (Lipinski definition) is 1. The Labute approximate surface area is 115 Å². The molecule has 0 fully saturated rings. The minimum atomic E-state index is 0.508. The topological polar surface area (TPSA) is 52.0 Å². The van der Waals surface area contributed by atoms with E-state index in [4.69, 9.17) is 10.3 Å². The van der Waals surface area contributed by atoms with Gasteiger partial charge in [-0.2, -0.15) is 0 Å². The fourth-order valence-corrected chi connectivity index (χ4v) is 2.42. The second-order valence-corrected chi connectivity index (χ2v) is 5.62. The Balaban J connectivity index is 2.49. The highest BCUT2D eigenvalue weighted by atomic mass is 127. The first kappa shape index (κ1) is 12.4. The second kappa shape index (κ2) is 5.08. The molecule has 2 rings (SSSR count). The molecule has 0 unspecified atom stereocenters. The minimum Gasteiger partial charge on any atom is -0.381 e. The van der Waals surface area contributed by atoms with E-state index in [9.17, 15) is 0 Å². The van der Waals surface area contributed by atoms with E-state index < -0.39 is 0 Å². The fourth-order valence-electron chi connectivity index (χ4n) is 1.78. The summed E-state index contributed by atoms with van der Waals surface area (Å²) in [5, 5.41) is 3.89. The number of nitrogens with two attached hydrogens (primary N) is 1. The lowest BCUT2D eigenvalue weighted by molar-refractivity contribution is 0.434. The maximum absolute atomic E-state index is 5.87. The van der Waals surface area contributed by atoms with Crippen LogP contribution < -0.4 is 5.73 Å². The second-order valence-electron chi connectivity index (χ2n) is 4.45. The van der Waals surface area contributed by atoms with Crippen molar-refractivity contribution in [2.45, 2.75) is 20.3 Å². The molecule has 0 saturated carbocycles. The van der Waals surface area contributed by atoms with Crippen LogP contribution in [0.2, 0.25) is 0 Å². The molecule has 17 heavy (non-hydrogen) atoms. The molecule has 0 aliphatic rings. The maximum atomic E-state index is 5.87.